The largest absolute Gasteiger partial charge is 0.500 e. The van der Waals surface area contributed by atoms with E-state index in [1.54, 1.807) is 25.0 Å². The highest BCUT2D eigenvalue weighted by molar-refractivity contribution is 6.31. The molecule has 5 atom stereocenters. The van der Waals surface area contributed by atoms with Crippen molar-refractivity contribution >= 4 is 11.6 Å². The van der Waals surface area contributed by atoms with Gasteiger partial charge in [-0.05, 0) is 83.0 Å². The molecule has 2 aromatic rings. The summed E-state index contributed by atoms with van der Waals surface area (Å²) in [6, 6.07) is 14.1. The van der Waals surface area contributed by atoms with E-state index in [-0.39, 0.29) is 24.3 Å². The summed E-state index contributed by atoms with van der Waals surface area (Å²) in [4.78, 5) is 2.27. The minimum atomic E-state index is -0.427. The number of piperidine rings is 1. The van der Waals surface area contributed by atoms with Gasteiger partial charge in [-0.2, -0.15) is 0 Å². The van der Waals surface area contributed by atoms with Gasteiger partial charge in [0, 0.05) is 5.02 Å². The van der Waals surface area contributed by atoms with E-state index >= 15 is 0 Å². The van der Waals surface area contributed by atoms with Crippen molar-refractivity contribution in [1.82, 2.24) is 4.90 Å². The first kappa shape index (κ1) is 32.2. The van der Waals surface area contributed by atoms with Gasteiger partial charge in [-0.1, -0.05) is 60.2 Å². The van der Waals surface area contributed by atoms with Crippen LogP contribution in [0, 0.1) is 0 Å². The van der Waals surface area contributed by atoms with Crippen LogP contribution in [0.3, 0.4) is 0 Å². The van der Waals surface area contributed by atoms with E-state index in [4.69, 9.17) is 35.3 Å². The van der Waals surface area contributed by atoms with Crippen molar-refractivity contribution in [2.75, 3.05) is 20.3 Å². The Morgan fingerprint density at radius 2 is 1.39 bits per heavy atom. The fourth-order valence-corrected chi connectivity index (χ4v) is 5.31. The number of likely N-dealkylation sites (tertiary alicyclic amines) is 1. The van der Waals surface area contributed by atoms with Crippen LogP contribution in [0.2, 0.25) is 5.02 Å². The van der Waals surface area contributed by atoms with Gasteiger partial charge in [-0.15, -0.1) is 0 Å². The summed E-state index contributed by atoms with van der Waals surface area (Å²) in [6.07, 6.45) is 13.8. The number of allylic oxidation sites excluding steroid dienone is 4. The molecule has 0 saturated carbocycles. The third-order valence-corrected chi connectivity index (χ3v) is 7.32. The number of hydrogen-bond acceptors (Lipinski definition) is 6. The van der Waals surface area contributed by atoms with E-state index in [2.05, 4.69) is 36.2 Å². The topological polar surface area (TPSA) is 49.4 Å². The molecule has 7 heteroatoms. The summed E-state index contributed by atoms with van der Waals surface area (Å²) < 4.78 is 30.5. The third-order valence-electron chi connectivity index (χ3n) is 6.95. The van der Waals surface area contributed by atoms with Crippen molar-refractivity contribution in [1.29, 1.82) is 0 Å². The predicted molar refractivity (Wildman–Crippen MR) is 166 cm³/mol. The van der Waals surface area contributed by atoms with Crippen LogP contribution in [0.15, 0.2) is 91.8 Å². The number of halogens is 1. The molecule has 1 saturated heterocycles. The Balaban J connectivity index is 2.06. The van der Waals surface area contributed by atoms with Gasteiger partial charge >= 0.3 is 0 Å². The molecule has 1 aliphatic rings. The van der Waals surface area contributed by atoms with Crippen LogP contribution >= 0.6 is 11.6 Å². The highest BCUT2D eigenvalue weighted by Crippen LogP contribution is 2.40. The maximum absolute atomic E-state index is 6.74. The number of rotatable bonds is 14. The maximum atomic E-state index is 6.74. The normalized spacial score (nSPS) is 23.5. The van der Waals surface area contributed by atoms with Crippen molar-refractivity contribution in [2.45, 2.75) is 71.4 Å². The summed E-state index contributed by atoms with van der Waals surface area (Å²) in [5.41, 5.74) is 3.26. The lowest BCUT2D eigenvalue weighted by molar-refractivity contribution is -0.174. The van der Waals surface area contributed by atoms with Crippen molar-refractivity contribution in [2.24, 2.45) is 0 Å². The van der Waals surface area contributed by atoms with Crippen LogP contribution in [0.1, 0.15) is 57.4 Å². The van der Waals surface area contributed by atoms with Gasteiger partial charge in [-0.3, -0.25) is 4.90 Å². The SMILES string of the molecule is CC=COC[C@@H]1[C@@H](OC=CC)[C@H](OC=CC)[C@@H](OC=CC)[C@H](c2ccc(Cl)c(Cc3ccc(OCC)cc3)c2)N1C. The summed E-state index contributed by atoms with van der Waals surface area (Å²) >= 11 is 6.74. The summed E-state index contributed by atoms with van der Waals surface area (Å²) in [6.45, 7) is 10.7. The Hall–Kier alpha value is -3.35. The van der Waals surface area contributed by atoms with E-state index in [1.165, 1.54) is 0 Å². The Labute approximate surface area is 250 Å². The molecule has 2 aromatic carbocycles. The van der Waals surface area contributed by atoms with Gasteiger partial charge < -0.3 is 23.7 Å². The molecule has 1 aliphatic heterocycles. The Kier molecular flexibility index (Phi) is 13.2. The van der Waals surface area contributed by atoms with Crippen LogP contribution in [0.25, 0.3) is 0 Å². The lowest BCUT2D eigenvalue weighted by Gasteiger charge is -2.50. The molecule has 222 valence electrons. The molecule has 6 nitrogen and oxygen atoms in total. The standard InChI is InChI=1S/C34H44ClNO5/c1-7-18-37-24-30-32(39-19-8-2)34(41-21-10-4)33(40-20-9-3)31(36(30)6)26-14-17-29(35)27(23-26)22-25-12-15-28(16-13-25)38-11-5/h7-10,12-21,23,30-34H,11,22,24H2,1-6H3/t30-,31+,32-,33+,34+/m1/s1. The van der Waals surface area contributed by atoms with Crippen molar-refractivity contribution < 1.29 is 23.7 Å². The minimum Gasteiger partial charge on any atom is -0.500 e. The minimum absolute atomic E-state index is 0.140. The summed E-state index contributed by atoms with van der Waals surface area (Å²) in [7, 11) is 2.08. The average Bonchev–Trinajstić information content (AvgIpc) is 2.98. The number of benzene rings is 2. The van der Waals surface area contributed by atoms with Gasteiger partial charge in [0.2, 0.25) is 0 Å². The van der Waals surface area contributed by atoms with E-state index in [9.17, 15) is 0 Å². The molecule has 0 unspecified atom stereocenters. The number of nitrogens with zero attached hydrogens (tertiary/aromatic N) is 1. The first-order valence-electron chi connectivity index (χ1n) is 14.2. The first-order chi connectivity index (χ1) is 20.0. The van der Waals surface area contributed by atoms with E-state index in [0.29, 0.717) is 19.6 Å². The molecule has 1 heterocycles. The smallest absolute Gasteiger partial charge is 0.174 e. The fourth-order valence-electron chi connectivity index (χ4n) is 5.13. The number of hydrogen-bond donors (Lipinski definition) is 0. The second kappa shape index (κ2) is 16.8. The highest BCUT2D eigenvalue weighted by Gasteiger charge is 2.52. The molecule has 3 rings (SSSR count). The Bertz CT molecular complexity index is 1180. The van der Waals surface area contributed by atoms with Crippen LogP contribution in [-0.2, 0) is 25.4 Å². The Morgan fingerprint density at radius 3 is 2.00 bits per heavy atom. The van der Waals surface area contributed by atoms with Gasteiger partial charge in [0.15, 0.2) is 18.3 Å². The molecular formula is C34H44ClNO5. The molecule has 0 aromatic heterocycles. The molecule has 1 fully saturated rings. The molecular weight excluding hydrogens is 538 g/mol. The van der Waals surface area contributed by atoms with Gasteiger partial charge in [0.25, 0.3) is 0 Å². The first-order valence-corrected chi connectivity index (χ1v) is 14.6. The van der Waals surface area contributed by atoms with Crippen molar-refractivity contribution in [3.63, 3.8) is 0 Å². The average molecular weight is 582 g/mol. The van der Waals surface area contributed by atoms with Gasteiger partial charge in [0.1, 0.15) is 12.4 Å². The third kappa shape index (κ3) is 8.57. The monoisotopic (exact) mass is 581 g/mol. The molecule has 0 bridgehead atoms. The predicted octanol–water partition coefficient (Wildman–Crippen LogP) is 7.99. The van der Waals surface area contributed by atoms with Crippen LogP contribution in [-0.4, -0.2) is 49.5 Å². The van der Waals surface area contributed by atoms with Gasteiger partial charge in [0.05, 0.1) is 43.7 Å². The lowest BCUT2D eigenvalue weighted by atomic mass is 9.84. The van der Waals surface area contributed by atoms with Crippen LogP contribution in [0.5, 0.6) is 5.75 Å². The zero-order valence-corrected chi connectivity index (χ0v) is 25.8. The van der Waals surface area contributed by atoms with Crippen molar-refractivity contribution in [3.05, 3.63) is 114 Å². The number of ether oxygens (including phenoxy) is 5. The zero-order chi connectivity index (χ0) is 29.6. The van der Waals surface area contributed by atoms with Crippen LogP contribution < -0.4 is 4.74 Å². The van der Waals surface area contributed by atoms with E-state index in [0.717, 1.165) is 27.5 Å². The summed E-state index contributed by atoms with van der Waals surface area (Å²) in [5.74, 6) is 0.858. The zero-order valence-electron chi connectivity index (χ0n) is 25.0. The fraction of sp³-hybridized carbons (Fsp3) is 0.412. The Morgan fingerprint density at radius 1 is 0.780 bits per heavy atom. The molecule has 0 amide bonds. The second-order valence-corrected chi connectivity index (χ2v) is 10.2. The molecule has 0 aliphatic carbocycles. The van der Waals surface area contributed by atoms with E-state index in [1.807, 2.05) is 77.1 Å². The van der Waals surface area contributed by atoms with Crippen molar-refractivity contribution in [3.8, 4) is 5.75 Å². The van der Waals surface area contributed by atoms with Gasteiger partial charge in [-0.25, -0.2) is 0 Å². The molecule has 41 heavy (non-hydrogen) atoms. The summed E-state index contributed by atoms with van der Waals surface area (Å²) in [5, 5.41) is 0.719. The lowest BCUT2D eigenvalue weighted by Crippen LogP contribution is -2.63. The highest BCUT2D eigenvalue weighted by atomic mass is 35.5. The van der Waals surface area contributed by atoms with E-state index < -0.39 is 6.10 Å². The molecule has 0 spiro atoms. The maximum Gasteiger partial charge on any atom is 0.174 e. The van der Waals surface area contributed by atoms with Crippen LogP contribution in [0.4, 0.5) is 0 Å². The number of likely N-dealkylation sites (N-methyl/N-ethyl adjacent to an activating group) is 1. The molecule has 0 radical (unpaired) electrons. The quantitative estimate of drug-likeness (QED) is 0.211. The second-order valence-electron chi connectivity index (χ2n) is 9.80. The molecule has 0 N–H and O–H groups in total.